The quantitative estimate of drug-likeness (QED) is 0.349. The van der Waals surface area contributed by atoms with Crippen LogP contribution in [0.5, 0.6) is 0 Å². The standard InChI is InChI=1S/C19H28N6O2/c1-6-20-19(21-11-15-7-9-17(10-8-15)25(26)27)23(4)12-16-13-24(5)22-18(16)14(2)3/h7-10,13-14H,6,11-12H2,1-5H3,(H,20,21). The second-order valence-electron chi connectivity index (χ2n) is 6.82. The number of nitro benzene ring substituents is 1. The second kappa shape index (κ2) is 9.16. The number of hydrogen-bond acceptors (Lipinski definition) is 4. The number of aliphatic imine (C=N–C) groups is 1. The maximum absolute atomic E-state index is 10.8. The zero-order chi connectivity index (χ0) is 20.0. The lowest BCUT2D eigenvalue weighted by atomic mass is 10.1. The van der Waals surface area contributed by atoms with Crippen molar-refractivity contribution >= 4 is 11.6 Å². The Balaban J connectivity index is 2.13. The molecule has 0 radical (unpaired) electrons. The summed E-state index contributed by atoms with van der Waals surface area (Å²) in [5.74, 6) is 1.14. The largest absolute Gasteiger partial charge is 0.357 e. The molecule has 0 aliphatic rings. The predicted molar refractivity (Wildman–Crippen MR) is 107 cm³/mol. The summed E-state index contributed by atoms with van der Waals surface area (Å²) in [7, 11) is 3.93. The number of nitrogens with one attached hydrogen (secondary N) is 1. The van der Waals surface area contributed by atoms with E-state index >= 15 is 0 Å². The Kier molecular flexibility index (Phi) is 6.92. The van der Waals surface area contributed by atoms with Gasteiger partial charge in [-0.2, -0.15) is 5.10 Å². The van der Waals surface area contributed by atoms with Gasteiger partial charge in [0.05, 0.1) is 17.2 Å². The third-order valence-corrected chi connectivity index (χ3v) is 4.15. The van der Waals surface area contributed by atoms with Crippen LogP contribution in [0.3, 0.4) is 0 Å². The molecule has 2 rings (SSSR count). The average molecular weight is 372 g/mol. The van der Waals surface area contributed by atoms with Gasteiger partial charge in [0.15, 0.2) is 5.96 Å². The Bertz CT molecular complexity index is 795. The zero-order valence-electron chi connectivity index (χ0n) is 16.6. The Labute approximate surface area is 160 Å². The summed E-state index contributed by atoms with van der Waals surface area (Å²) in [5.41, 5.74) is 3.28. The number of aryl methyl sites for hydroxylation is 1. The number of non-ortho nitro benzene ring substituents is 1. The van der Waals surface area contributed by atoms with E-state index in [4.69, 9.17) is 0 Å². The van der Waals surface area contributed by atoms with Crippen molar-refractivity contribution in [2.24, 2.45) is 12.0 Å². The number of benzene rings is 1. The van der Waals surface area contributed by atoms with E-state index in [-0.39, 0.29) is 5.69 Å². The van der Waals surface area contributed by atoms with Crippen LogP contribution in [0.4, 0.5) is 5.69 Å². The van der Waals surface area contributed by atoms with Crippen molar-refractivity contribution in [3.8, 4) is 0 Å². The molecule has 1 heterocycles. The lowest BCUT2D eigenvalue weighted by Crippen LogP contribution is -2.38. The molecule has 0 saturated heterocycles. The lowest BCUT2D eigenvalue weighted by Gasteiger charge is -2.22. The van der Waals surface area contributed by atoms with Crippen LogP contribution in [-0.2, 0) is 20.1 Å². The summed E-state index contributed by atoms with van der Waals surface area (Å²) in [4.78, 5) is 17.1. The minimum absolute atomic E-state index is 0.0875. The minimum atomic E-state index is -0.398. The van der Waals surface area contributed by atoms with E-state index in [2.05, 4.69) is 34.2 Å². The molecule has 2 aromatic rings. The van der Waals surface area contributed by atoms with Crippen molar-refractivity contribution < 1.29 is 4.92 Å². The van der Waals surface area contributed by atoms with E-state index in [9.17, 15) is 10.1 Å². The molecule has 1 N–H and O–H groups in total. The van der Waals surface area contributed by atoms with E-state index in [1.165, 1.54) is 17.7 Å². The number of nitrogens with zero attached hydrogens (tertiary/aromatic N) is 5. The second-order valence-corrected chi connectivity index (χ2v) is 6.82. The number of nitro groups is 1. The van der Waals surface area contributed by atoms with E-state index in [0.29, 0.717) is 19.0 Å². The summed E-state index contributed by atoms with van der Waals surface area (Å²) in [6.07, 6.45) is 2.05. The first kappa shape index (κ1) is 20.4. The van der Waals surface area contributed by atoms with Crippen LogP contribution in [-0.4, -0.2) is 39.2 Å². The fourth-order valence-corrected chi connectivity index (χ4v) is 2.85. The summed E-state index contributed by atoms with van der Waals surface area (Å²) in [5, 5.41) is 18.6. The first-order chi connectivity index (χ1) is 12.8. The van der Waals surface area contributed by atoms with Crippen LogP contribution in [0.15, 0.2) is 35.5 Å². The maximum atomic E-state index is 10.8. The highest BCUT2D eigenvalue weighted by Gasteiger charge is 2.15. The van der Waals surface area contributed by atoms with Crippen LogP contribution in [0.1, 0.15) is 43.5 Å². The Morgan fingerprint density at radius 3 is 2.59 bits per heavy atom. The fraction of sp³-hybridized carbons (Fsp3) is 0.474. The lowest BCUT2D eigenvalue weighted by molar-refractivity contribution is -0.384. The molecule has 1 aromatic heterocycles. The van der Waals surface area contributed by atoms with Crippen LogP contribution < -0.4 is 5.32 Å². The Morgan fingerprint density at radius 1 is 1.37 bits per heavy atom. The fourth-order valence-electron chi connectivity index (χ4n) is 2.85. The molecular formula is C19H28N6O2. The van der Waals surface area contributed by atoms with Crippen molar-refractivity contribution in [3.63, 3.8) is 0 Å². The van der Waals surface area contributed by atoms with Crippen LogP contribution in [0, 0.1) is 10.1 Å². The molecule has 0 spiro atoms. The molecule has 8 heteroatoms. The maximum Gasteiger partial charge on any atom is 0.269 e. The highest BCUT2D eigenvalue weighted by atomic mass is 16.6. The summed E-state index contributed by atoms with van der Waals surface area (Å²) < 4.78 is 1.85. The van der Waals surface area contributed by atoms with Gasteiger partial charge in [0.2, 0.25) is 0 Å². The molecule has 0 bridgehead atoms. The number of rotatable bonds is 7. The van der Waals surface area contributed by atoms with Crippen molar-refractivity contribution in [1.29, 1.82) is 0 Å². The van der Waals surface area contributed by atoms with Gasteiger partial charge in [0.25, 0.3) is 5.69 Å². The Hall–Kier alpha value is -2.90. The highest BCUT2D eigenvalue weighted by molar-refractivity contribution is 5.79. The van der Waals surface area contributed by atoms with Gasteiger partial charge in [-0.3, -0.25) is 14.8 Å². The molecule has 27 heavy (non-hydrogen) atoms. The first-order valence-corrected chi connectivity index (χ1v) is 9.07. The third-order valence-electron chi connectivity index (χ3n) is 4.15. The molecule has 1 aromatic carbocycles. The normalized spacial score (nSPS) is 11.7. The van der Waals surface area contributed by atoms with Gasteiger partial charge in [0, 0.05) is 51.1 Å². The minimum Gasteiger partial charge on any atom is -0.357 e. The monoisotopic (exact) mass is 372 g/mol. The van der Waals surface area contributed by atoms with Gasteiger partial charge in [0.1, 0.15) is 0 Å². The van der Waals surface area contributed by atoms with Crippen molar-refractivity contribution in [2.75, 3.05) is 13.6 Å². The molecule has 8 nitrogen and oxygen atoms in total. The number of guanidine groups is 1. The van der Waals surface area contributed by atoms with Gasteiger partial charge >= 0.3 is 0 Å². The molecule has 0 saturated carbocycles. The predicted octanol–water partition coefficient (Wildman–Crippen LogP) is 3.05. The molecular weight excluding hydrogens is 344 g/mol. The summed E-state index contributed by atoms with van der Waals surface area (Å²) in [6.45, 7) is 8.22. The van der Waals surface area contributed by atoms with Crippen molar-refractivity contribution in [2.45, 2.75) is 39.8 Å². The SMILES string of the molecule is CCNC(=NCc1ccc([N+](=O)[O-])cc1)N(C)Cc1cn(C)nc1C(C)C. The van der Waals surface area contributed by atoms with Gasteiger partial charge in [-0.1, -0.05) is 26.0 Å². The number of hydrogen-bond donors (Lipinski definition) is 1. The molecule has 0 unspecified atom stereocenters. The number of aromatic nitrogens is 2. The molecule has 0 amide bonds. The smallest absolute Gasteiger partial charge is 0.269 e. The van der Waals surface area contributed by atoms with Crippen molar-refractivity contribution in [1.82, 2.24) is 20.0 Å². The van der Waals surface area contributed by atoms with Gasteiger partial charge in [-0.05, 0) is 18.4 Å². The first-order valence-electron chi connectivity index (χ1n) is 9.07. The Morgan fingerprint density at radius 2 is 2.04 bits per heavy atom. The zero-order valence-corrected chi connectivity index (χ0v) is 16.6. The van der Waals surface area contributed by atoms with E-state index in [1.54, 1.807) is 12.1 Å². The third kappa shape index (κ3) is 5.54. The van der Waals surface area contributed by atoms with E-state index in [0.717, 1.165) is 23.8 Å². The molecule has 0 aliphatic carbocycles. The summed E-state index contributed by atoms with van der Waals surface area (Å²) in [6, 6.07) is 6.49. The van der Waals surface area contributed by atoms with E-state index in [1.807, 2.05) is 31.9 Å². The molecule has 0 atom stereocenters. The van der Waals surface area contributed by atoms with Gasteiger partial charge < -0.3 is 10.2 Å². The van der Waals surface area contributed by atoms with Gasteiger partial charge in [-0.25, -0.2) is 4.99 Å². The van der Waals surface area contributed by atoms with Crippen LogP contribution >= 0.6 is 0 Å². The molecule has 0 fully saturated rings. The van der Waals surface area contributed by atoms with Crippen LogP contribution in [0.2, 0.25) is 0 Å². The molecule has 0 aliphatic heterocycles. The average Bonchev–Trinajstić information content (AvgIpc) is 2.99. The summed E-state index contributed by atoms with van der Waals surface area (Å²) >= 11 is 0. The van der Waals surface area contributed by atoms with Crippen molar-refractivity contribution in [3.05, 3.63) is 57.4 Å². The van der Waals surface area contributed by atoms with Gasteiger partial charge in [-0.15, -0.1) is 0 Å². The highest BCUT2D eigenvalue weighted by Crippen LogP contribution is 2.19. The van der Waals surface area contributed by atoms with E-state index < -0.39 is 4.92 Å². The van der Waals surface area contributed by atoms with Crippen LogP contribution in [0.25, 0.3) is 0 Å². The molecule has 146 valence electrons. The topological polar surface area (TPSA) is 88.6 Å².